The van der Waals surface area contributed by atoms with E-state index < -0.39 is 24.6 Å². The topological polar surface area (TPSA) is 119 Å². The number of aliphatic carboxylic acids is 1. The maximum absolute atomic E-state index is 11.5. The molecule has 8 heteroatoms. The van der Waals surface area contributed by atoms with Crippen LogP contribution in [0.15, 0.2) is 0 Å². The Kier molecular flexibility index (Phi) is 4.90. The molecule has 2 atom stereocenters. The van der Waals surface area contributed by atoms with Gasteiger partial charge in [-0.2, -0.15) is 0 Å². The van der Waals surface area contributed by atoms with E-state index in [0.29, 0.717) is 19.4 Å². The molecule has 0 aromatic heterocycles. The summed E-state index contributed by atoms with van der Waals surface area (Å²) in [7, 11) is 1.64. The minimum absolute atomic E-state index is 0.0206. The third-order valence-corrected chi connectivity index (χ3v) is 2.75. The fourth-order valence-corrected chi connectivity index (χ4v) is 1.70. The number of nitrogens with one attached hydrogen (secondary N) is 2. The molecule has 4 N–H and O–H groups in total. The first-order valence-corrected chi connectivity index (χ1v) is 5.58. The second-order valence-corrected chi connectivity index (χ2v) is 4.20. The van der Waals surface area contributed by atoms with Gasteiger partial charge in [-0.05, 0) is 6.42 Å². The zero-order chi connectivity index (χ0) is 13.7. The molecular weight excluding hydrogens is 242 g/mol. The van der Waals surface area contributed by atoms with Crippen molar-refractivity contribution in [3.05, 3.63) is 0 Å². The number of carbonyl (C=O) groups is 3. The number of urea groups is 1. The molecule has 1 heterocycles. The molecule has 3 amide bonds. The Bertz CT molecular complexity index is 346. The van der Waals surface area contributed by atoms with Gasteiger partial charge in [-0.15, -0.1) is 0 Å². The first kappa shape index (κ1) is 14.2. The lowest BCUT2D eigenvalue weighted by atomic mass is 10.1. The summed E-state index contributed by atoms with van der Waals surface area (Å²) >= 11 is 0. The molecule has 1 rings (SSSR count). The highest BCUT2D eigenvalue weighted by Crippen LogP contribution is 2.09. The second-order valence-electron chi connectivity index (χ2n) is 4.20. The Labute approximate surface area is 104 Å². The minimum atomic E-state index is -1.33. The molecule has 0 aromatic rings. The van der Waals surface area contributed by atoms with E-state index in [2.05, 4.69) is 10.6 Å². The number of likely N-dealkylation sites (tertiary alicyclic amines) is 1. The van der Waals surface area contributed by atoms with Gasteiger partial charge >= 0.3 is 12.0 Å². The van der Waals surface area contributed by atoms with Crippen LogP contribution >= 0.6 is 0 Å². The molecule has 0 aromatic carbocycles. The molecule has 0 spiro atoms. The average molecular weight is 259 g/mol. The molecule has 8 nitrogen and oxygen atoms in total. The van der Waals surface area contributed by atoms with E-state index in [4.69, 9.17) is 10.2 Å². The van der Waals surface area contributed by atoms with E-state index >= 15 is 0 Å². The number of carbonyl (C=O) groups excluding carboxylic acids is 2. The molecule has 1 aliphatic rings. The fraction of sp³-hybridized carbons (Fsp3) is 0.700. The Morgan fingerprint density at radius 3 is 2.72 bits per heavy atom. The third kappa shape index (κ3) is 3.88. The van der Waals surface area contributed by atoms with Crippen LogP contribution < -0.4 is 10.6 Å². The summed E-state index contributed by atoms with van der Waals surface area (Å²) in [6.07, 6.45) is 0.872. The third-order valence-electron chi connectivity index (χ3n) is 2.75. The van der Waals surface area contributed by atoms with Gasteiger partial charge in [0.2, 0.25) is 5.91 Å². The van der Waals surface area contributed by atoms with Crippen molar-refractivity contribution < 1.29 is 24.6 Å². The number of hydrogen-bond acceptors (Lipinski definition) is 4. The van der Waals surface area contributed by atoms with E-state index in [1.165, 1.54) is 4.90 Å². The van der Waals surface area contributed by atoms with Crippen LogP contribution in [0.1, 0.15) is 12.8 Å². The van der Waals surface area contributed by atoms with Gasteiger partial charge in [-0.3, -0.25) is 4.79 Å². The van der Waals surface area contributed by atoms with Crippen molar-refractivity contribution in [2.75, 3.05) is 20.2 Å². The quantitative estimate of drug-likeness (QED) is 0.482. The first-order chi connectivity index (χ1) is 8.43. The van der Waals surface area contributed by atoms with Crippen LogP contribution in [-0.2, 0) is 9.59 Å². The number of aliphatic hydroxyl groups is 1. The SMILES string of the molecule is CN1CC(NC(=O)NC(CO)C(=O)O)CCC1=O. The van der Waals surface area contributed by atoms with Crippen LogP contribution in [0.25, 0.3) is 0 Å². The average Bonchev–Trinajstić information content (AvgIpc) is 2.30. The van der Waals surface area contributed by atoms with Crippen LogP contribution in [0.5, 0.6) is 0 Å². The van der Waals surface area contributed by atoms with Crippen LogP contribution in [0.3, 0.4) is 0 Å². The van der Waals surface area contributed by atoms with Crippen LogP contribution in [0, 0.1) is 0 Å². The van der Waals surface area contributed by atoms with Crippen LogP contribution in [0.2, 0.25) is 0 Å². The van der Waals surface area contributed by atoms with Crippen molar-refractivity contribution in [3.63, 3.8) is 0 Å². The van der Waals surface area contributed by atoms with Crippen LogP contribution in [0.4, 0.5) is 4.79 Å². The highest BCUT2D eigenvalue weighted by atomic mass is 16.4. The van der Waals surface area contributed by atoms with Gasteiger partial charge in [0.15, 0.2) is 6.04 Å². The molecule has 0 aliphatic carbocycles. The number of rotatable bonds is 4. The predicted octanol–water partition coefficient (Wildman–Crippen LogP) is -1.65. The maximum atomic E-state index is 11.5. The standard InChI is InChI=1S/C10H17N3O5/c1-13-4-6(2-3-8(13)15)11-10(18)12-7(5-14)9(16)17/h6-7,14H,2-5H2,1H3,(H,16,17)(H2,11,12,18). The second kappa shape index (κ2) is 6.20. The molecule has 0 bridgehead atoms. The molecule has 1 saturated heterocycles. The van der Waals surface area contributed by atoms with E-state index in [1.807, 2.05) is 0 Å². The molecule has 0 saturated carbocycles. The molecule has 102 valence electrons. The zero-order valence-corrected chi connectivity index (χ0v) is 10.0. The molecule has 0 radical (unpaired) electrons. The van der Waals surface area contributed by atoms with Crippen molar-refractivity contribution >= 4 is 17.9 Å². The number of carboxylic acid groups (broad SMARTS) is 1. The summed E-state index contributed by atoms with van der Waals surface area (Å²) in [6.45, 7) is -0.283. The maximum Gasteiger partial charge on any atom is 0.328 e. The molecular formula is C10H17N3O5. The lowest BCUT2D eigenvalue weighted by molar-refractivity contribution is -0.140. The number of aliphatic hydroxyl groups excluding tert-OH is 1. The Hall–Kier alpha value is -1.83. The van der Waals surface area contributed by atoms with Crippen molar-refractivity contribution in [1.82, 2.24) is 15.5 Å². The van der Waals surface area contributed by atoms with Gasteiger partial charge in [0, 0.05) is 26.1 Å². The number of hydrogen-bond donors (Lipinski definition) is 4. The van der Waals surface area contributed by atoms with Gasteiger partial charge in [0.1, 0.15) is 0 Å². The molecule has 1 fully saturated rings. The van der Waals surface area contributed by atoms with Crippen LogP contribution in [-0.4, -0.2) is 65.3 Å². The molecule has 18 heavy (non-hydrogen) atoms. The number of likely N-dealkylation sites (N-methyl/N-ethyl adjacent to an activating group) is 1. The monoisotopic (exact) mass is 259 g/mol. The summed E-state index contributed by atoms with van der Waals surface area (Å²) in [5.41, 5.74) is 0. The van der Waals surface area contributed by atoms with E-state index in [1.54, 1.807) is 7.05 Å². The first-order valence-electron chi connectivity index (χ1n) is 5.58. The lowest BCUT2D eigenvalue weighted by Crippen LogP contribution is -2.54. The molecule has 1 aliphatic heterocycles. The van der Waals surface area contributed by atoms with E-state index in [0.717, 1.165) is 0 Å². The molecule has 2 unspecified atom stereocenters. The number of amides is 3. The Morgan fingerprint density at radius 1 is 1.56 bits per heavy atom. The normalized spacial score (nSPS) is 21.3. The Balaban J connectivity index is 2.40. The summed E-state index contributed by atoms with van der Waals surface area (Å²) < 4.78 is 0. The number of carboxylic acids is 1. The zero-order valence-electron chi connectivity index (χ0n) is 10.0. The van der Waals surface area contributed by atoms with Crippen molar-refractivity contribution in [2.24, 2.45) is 0 Å². The smallest absolute Gasteiger partial charge is 0.328 e. The van der Waals surface area contributed by atoms with Gasteiger partial charge in [-0.1, -0.05) is 0 Å². The van der Waals surface area contributed by atoms with Crippen molar-refractivity contribution in [3.8, 4) is 0 Å². The number of piperidine rings is 1. The summed E-state index contributed by atoms with van der Waals surface area (Å²) in [6, 6.07) is -2.20. The fourth-order valence-electron chi connectivity index (χ4n) is 1.70. The van der Waals surface area contributed by atoms with Gasteiger partial charge < -0.3 is 25.7 Å². The largest absolute Gasteiger partial charge is 0.480 e. The summed E-state index contributed by atoms with van der Waals surface area (Å²) in [4.78, 5) is 34.8. The Morgan fingerprint density at radius 2 is 2.22 bits per heavy atom. The van der Waals surface area contributed by atoms with Crippen molar-refractivity contribution in [2.45, 2.75) is 24.9 Å². The highest BCUT2D eigenvalue weighted by molar-refractivity contribution is 5.83. The summed E-state index contributed by atoms with van der Waals surface area (Å²) in [5.74, 6) is -1.28. The van der Waals surface area contributed by atoms with E-state index in [-0.39, 0.29) is 11.9 Å². The van der Waals surface area contributed by atoms with Crippen molar-refractivity contribution in [1.29, 1.82) is 0 Å². The minimum Gasteiger partial charge on any atom is -0.480 e. The highest BCUT2D eigenvalue weighted by Gasteiger charge is 2.25. The predicted molar refractivity (Wildman–Crippen MR) is 60.8 cm³/mol. The van der Waals surface area contributed by atoms with Gasteiger partial charge in [0.25, 0.3) is 0 Å². The summed E-state index contributed by atoms with van der Waals surface area (Å²) in [5, 5.41) is 22.1. The van der Waals surface area contributed by atoms with E-state index in [9.17, 15) is 14.4 Å². The number of nitrogens with zero attached hydrogens (tertiary/aromatic N) is 1. The van der Waals surface area contributed by atoms with Gasteiger partial charge in [-0.25, -0.2) is 9.59 Å². The lowest BCUT2D eigenvalue weighted by Gasteiger charge is -2.30. The van der Waals surface area contributed by atoms with Gasteiger partial charge in [0.05, 0.1) is 6.61 Å².